The van der Waals surface area contributed by atoms with Crippen LogP contribution in [0, 0.1) is 10.1 Å². The Morgan fingerprint density at radius 3 is 2.55 bits per heavy atom. The summed E-state index contributed by atoms with van der Waals surface area (Å²) in [7, 11) is 0. The van der Waals surface area contributed by atoms with E-state index in [0.717, 1.165) is 28.6 Å². The van der Waals surface area contributed by atoms with E-state index < -0.39 is 10.9 Å². The summed E-state index contributed by atoms with van der Waals surface area (Å²) in [6.45, 7) is 0. The molecule has 22 heavy (non-hydrogen) atoms. The van der Waals surface area contributed by atoms with Crippen LogP contribution in [0.5, 0.6) is 0 Å². The fourth-order valence-electron chi connectivity index (χ4n) is 2.03. The normalized spacial score (nSPS) is 12.4. The van der Waals surface area contributed by atoms with Gasteiger partial charge in [-0.15, -0.1) is 11.8 Å². The number of hydrogen-bond acceptors (Lipinski definition) is 4. The highest BCUT2D eigenvalue weighted by atomic mass is 32.2. The summed E-state index contributed by atoms with van der Waals surface area (Å²) in [6.07, 6.45) is 4.03. The van der Waals surface area contributed by atoms with E-state index in [0.29, 0.717) is 5.56 Å². The molecular weight excluding hydrogens is 302 g/mol. The third kappa shape index (κ3) is 3.53. The highest BCUT2D eigenvalue weighted by Gasteiger charge is 2.14. The molecule has 0 saturated heterocycles. The maximum atomic E-state index is 11.2. The molecular formula is C16H13NO4S. The monoisotopic (exact) mass is 315 g/mol. The second kappa shape index (κ2) is 6.91. The molecule has 0 heterocycles. The van der Waals surface area contributed by atoms with Crippen LogP contribution in [0.4, 0.5) is 0 Å². The van der Waals surface area contributed by atoms with Gasteiger partial charge in [-0.1, -0.05) is 42.5 Å². The molecule has 2 aromatic carbocycles. The van der Waals surface area contributed by atoms with Gasteiger partial charge in [-0.2, -0.15) is 0 Å². The second-order valence-electron chi connectivity index (χ2n) is 4.41. The Morgan fingerprint density at radius 1 is 1.23 bits per heavy atom. The lowest BCUT2D eigenvalue weighted by Gasteiger charge is -2.02. The Balaban J connectivity index is 2.59. The molecule has 6 heteroatoms. The van der Waals surface area contributed by atoms with E-state index in [4.69, 9.17) is 5.11 Å². The lowest BCUT2D eigenvalue weighted by atomic mass is 10.0. The van der Waals surface area contributed by atoms with Crippen LogP contribution < -0.4 is 0 Å². The van der Waals surface area contributed by atoms with Crippen molar-refractivity contribution in [1.82, 2.24) is 0 Å². The number of thioether (sulfide) groups is 1. The predicted molar refractivity (Wildman–Crippen MR) is 88.2 cm³/mol. The molecule has 112 valence electrons. The van der Waals surface area contributed by atoms with Gasteiger partial charge in [0.15, 0.2) is 0 Å². The van der Waals surface area contributed by atoms with E-state index in [-0.39, 0.29) is 10.6 Å². The van der Waals surface area contributed by atoms with Gasteiger partial charge in [0.05, 0.1) is 9.83 Å². The molecule has 0 aromatic heterocycles. The van der Waals surface area contributed by atoms with Crippen LogP contribution in [0.2, 0.25) is 0 Å². The molecule has 1 N–H and O–H groups in total. The first-order valence-corrected chi connectivity index (χ1v) is 7.58. The van der Waals surface area contributed by atoms with E-state index in [1.54, 1.807) is 12.3 Å². The summed E-state index contributed by atoms with van der Waals surface area (Å²) < 4.78 is 0. The SMILES string of the molecule is CSC(=CC(=Cc1cccc2ccccc12)[N+](=O)[O-])C(=O)O. The van der Waals surface area contributed by atoms with Crippen LogP contribution in [-0.2, 0) is 4.79 Å². The fourth-order valence-corrected chi connectivity index (χ4v) is 2.44. The Morgan fingerprint density at radius 2 is 1.91 bits per heavy atom. The van der Waals surface area contributed by atoms with Crippen molar-refractivity contribution in [3.63, 3.8) is 0 Å². The number of carbonyl (C=O) groups is 1. The van der Waals surface area contributed by atoms with Crippen molar-refractivity contribution >= 4 is 34.6 Å². The van der Waals surface area contributed by atoms with E-state index in [9.17, 15) is 14.9 Å². The molecule has 0 fully saturated rings. The van der Waals surface area contributed by atoms with Gasteiger partial charge in [0.2, 0.25) is 0 Å². The van der Waals surface area contributed by atoms with Crippen LogP contribution in [-0.4, -0.2) is 22.3 Å². The summed E-state index contributed by atoms with van der Waals surface area (Å²) in [5.41, 5.74) is 0.412. The zero-order valence-corrected chi connectivity index (χ0v) is 12.5. The Hall–Kier alpha value is -2.60. The van der Waals surface area contributed by atoms with Crippen LogP contribution in [0.3, 0.4) is 0 Å². The van der Waals surface area contributed by atoms with Crippen molar-refractivity contribution in [2.24, 2.45) is 0 Å². The van der Waals surface area contributed by atoms with Gasteiger partial charge in [0.25, 0.3) is 5.70 Å². The molecule has 0 unspecified atom stereocenters. The number of rotatable bonds is 5. The van der Waals surface area contributed by atoms with Gasteiger partial charge >= 0.3 is 5.97 Å². The molecule has 5 nitrogen and oxygen atoms in total. The third-order valence-corrected chi connectivity index (χ3v) is 3.78. The van der Waals surface area contributed by atoms with Crippen molar-refractivity contribution in [3.05, 3.63) is 74.8 Å². The Kier molecular flexibility index (Phi) is 4.95. The minimum Gasteiger partial charge on any atom is -0.477 e. The molecule has 2 aromatic rings. The smallest absolute Gasteiger partial charge is 0.342 e. The van der Waals surface area contributed by atoms with E-state index in [1.807, 2.05) is 36.4 Å². The Bertz CT molecular complexity index is 790. The summed E-state index contributed by atoms with van der Waals surface area (Å²) in [5.74, 6) is -1.18. The molecule has 0 aliphatic heterocycles. The van der Waals surface area contributed by atoms with Crippen LogP contribution >= 0.6 is 11.8 Å². The molecule has 0 bridgehead atoms. The molecule has 0 aliphatic rings. The van der Waals surface area contributed by atoms with E-state index in [2.05, 4.69) is 0 Å². The maximum Gasteiger partial charge on any atom is 0.342 e. The van der Waals surface area contributed by atoms with Crippen LogP contribution in [0.15, 0.2) is 59.1 Å². The standard InChI is InChI=1S/C16H13NO4S/c1-22-15(16(18)19)10-13(17(20)21)9-12-7-4-6-11-5-2-3-8-14(11)12/h2-10H,1H3,(H,18,19). The van der Waals surface area contributed by atoms with Crippen LogP contribution in [0.25, 0.3) is 16.8 Å². The van der Waals surface area contributed by atoms with E-state index in [1.165, 1.54) is 6.08 Å². The first-order valence-electron chi connectivity index (χ1n) is 6.35. The topological polar surface area (TPSA) is 80.4 Å². The first-order chi connectivity index (χ1) is 10.5. The van der Waals surface area contributed by atoms with Gasteiger partial charge < -0.3 is 5.11 Å². The number of carboxylic acid groups (broad SMARTS) is 1. The predicted octanol–water partition coefficient (Wildman–Crippen LogP) is 3.79. The summed E-state index contributed by atoms with van der Waals surface area (Å²) >= 11 is 0.954. The van der Waals surface area contributed by atoms with Crippen molar-refractivity contribution < 1.29 is 14.8 Å². The number of fused-ring (bicyclic) bond motifs is 1. The molecule has 0 radical (unpaired) electrons. The zero-order chi connectivity index (χ0) is 16.1. The van der Waals surface area contributed by atoms with Gasteiger partial charge in [-0.05, 0) is 22.6 Å². The lowest BCUT2D eigenvalue weighted by molar-refractivity contribution is -0.417. The third-order valence-electron chi connectivity index (χ3n) is 3.05. The maximum absolute atomic E-state index is 11.2. The first kappa shape index (κ1) is 15.8. The van der Waals surface area contributed by atoms with Gasteiger partial charge in [-0.25, -0.2) is 4.79 Å². The second-order valence-corrected chi connectivity index (χ2v) is 5.26. The minimum absolute atomic E-state index is 0.0804. The van der Waals surface area contributed by atoms with Crippen LogP contribution in [0.1, 0.15) is 5.56 Å². The number of allylic oxidation sites excluding steroid dienone is 1. The number of benzene rings is 2. The molecule has 0 saturated carbocycles. The molecule has 2 rings (SSSR count). The number of nitro groups is 1. The van der Waals surface area contributed by atoms with E-state index >= 15 is 0 Å². The number of carboxylic acids is 1. The molecule has 0 atom stereocenters. The van der Waals surface area contributed by atoms with Crippen molar-refractivity contribution in [1.29, 1.82) is 0 Å². The van der Waals surface area contributed by atoms with Crippen molar-refractivity contribution in [2.75, 3.05) is 6.26 Å². The number of nitrogens with zero attached hydrogens (tertiary/aromatic N) is 1. The van der Waals surface area contributed by atoms with Crippen molar-refractivity contribution in [2.45, 2.75) is 0 Å². The van der Waals surface area contributed by atoms with Crippen molar-refractivity contribution in [3.8, 4) is 0 Å². The Labute approximate surface area is 131 Å². The lowest BCUT2D eigenvalue weighted by Crippen LogP contribution is -2.01. The number of hydrogen-bond donors (Lipinski definition) is 1. The fraction of sp³-hybridized carbons (Fsp3) is 0.0625. The zero-order valence-electron chi connectivity index (χ0n) is 11.7. The summed E-state index contributed by atoms with van der Waals surface area (Å²) in [6, 6.07) is 13.0. The summed E-state index contributed by atoms with van der Waals surface area (Å²) in [5, 5.41) is 22.0. The molecule has 0 aliphatic carbocycles. The largest absolute Gasteiger partial charge is 0.477 e. The highest BCUT2D eigenvalue weighted by Crippen LogP contribution is 2.23. The highest BCUT2D eigenvalue weighted by molar-refractivity contribution is 8.03. The minimum atomic E-state index is -1.18. The molecule has 0 amide bonds. The average molecular weight is 315 g/mol. The summed E-state index contributed by atoms with van der Waals surface area (Å²) in [4.78, 5) is 21.6. The van der Waals surface area contributed by atoms with Gasteiger partial charge in [-0.3, -0.25) is 10.1 Å². The van der Waals surface area contributed by atoms with Gasteiger partial charge in [0.1, 0.15) is 0 Å². The number of aliphatic carboxylic acids is 1. The average Bonchev–Trinajstić information content (AvgIpc) is 2.50. The quantitative estimate of drug-likeness (QED) is 0.393. The molecule has 0 spiro atoms. The van der Waals surface area contributed by atoms with Gasteiger partial charge in [0, 0.05) is 12.2 Å².